The molecule has 0 aromatic carbocycles. The van der Waals surface area contributed by atoms with Gasteiger partial charge in [-0.1, -0.05) is 175 Å². The zero-order chi connectivity index (χ0) is 46.3. The second-order valence-corrected chi connectivity index (χ2v) is 16.7. The maximum atomic E-state index is 12.7. The quantitative estimate of drug-likeness (QED) is 0.0212. The highest BCUT2D eigenvalue weighted by atomic mass is 16.7. The molecule has 0 aliphatic carbocycles. The molecule has 0 spiro atoms. The van der Waals surface area contributed by atoms with Crippen LogP contribution < -0.4 is 0 Å². The van der Waals surface area contributed by atoms with E-state index in [0.29, 0.717) is 23.9 Å². The van der Waals surface area contributed by atoms with Gasteiger partial charge in [0.05, 0.1) is 34.4 Å². The summed E-state index contributed by atoms with van der Waals surface area (Å²) in [4.78, 5) is 37.0. The first-order valence-corrected chi connectivity index (χ1v) is 24.1. The molecule has 0 aromatic heterocycles. The Hall–Kier alpha value is -4.05. The van der Waals surface area contributed by atoms with Crippen LogP contribution in [0.5, 0.6) is 0 Å². The van der Waals surface area contributed by atoms with Crippen molar-refractivity contribution in [1.29, 1.82) is 0 Å². The van der Waals surface area contributed by atoms with Gasteiger partial charge < -0.3 is 28.5 Å². The molecule has 2 atom stereocenters. The number of esters is 2. The Labute approximate surface area is 384 Å². The predicted molar refractivity (Wildman–Crippen MR) is 262 cm³/mol. The van der Waals surface area contributed by atoms with Crippen molar-refractivity contribution >= 4 is 17.9 Å². The van der Waals surface area contributed by atoms with Crippen molar-refractivity contribution in [3.63, 3.8) is 0 Å². The number of aliphatic carboxylic acids is 1. The summed E-state index contributed by atoms with van der Waals surface area (Å²) < 4.78 is 22.6. The molecule has 2 unspecified atom stereocenters. The van der Waals surface area contributed by atoms with Crippen LogP contribution in [0.15, 0.2) is 109 Å². The maximum absolute atomic E-state index is 12.7. The van der Waals surface area contributed by atoms with Crippen LogP contribution in [0.25, 0.3) is 0 Å². The summed E-state index contributed by atoms with van der Waals surface area (Å²) in [6, 6.07) is 0. The highest BCUT2D eigenvalue weighted by molar-refractivity contribution is 5.71. The number of likely N-dealkylation sites (N-methyl/N-ethyl adjacent to an activating group) is 1. The summed E-state index contributed by atoms with van der Waals surface area (Å²) in [5.74, 6) is -2.11. The van der Waals surface area contributed by atoms with Crippen LogP contribution in [-0.2, 0) is 33.3 Å². The lowest BCUT2D eigenvalue weighted by atomic mass is 10.1. The highest BCUT2D eigenvalue weighted by Gasteiger charge is 2.25. The van der Waals surface area contributed by atoms with Crippen molar-refractivity contribution in [3.8, 4) is 0 Å². The first kappa shape index (κ1) is 58.9. The summed E-state index contributed by atoms with van der Waals surface area (Å²) in [7, 11) is 5.92. The SMILES string of the molecule is CC/C=C\C/C=C\C/C=C\C/C=C\C/C=C\C/C=C\C/C=C\C/C=C\C/C=C\CCCC(=O)OC(COC(=O)CCCCCCCCCCC)COC(OCC[N+](C)(C)C)C(=O)O. The molecule has 63 heavy (non-hydrogen) atoms. The van der Waals surface area contributed by atoms with Gasteiger partial charge >= 0.3 is 17.9 Å². The second-order valence-electron chi connectivity index (χ2n) is 16.7. The van der Waals surface area contributed by atoms with Crippen molar-refractivity contribution in [2.24, 2.45) is 0 Å². The summed E-state index contributed by atoms with van der Waals surface area (Å²) in [6.07, 6.45) is 57.5. The second kappa shape index (κ2) is 44.6. The fourth-order valence-corrected chi connectivity index (χ4v) is 5.83. The molecule has 0 amide bonds. The van der Waals surface area contributed by atoms with E-state index >= 15 is 0 Å². The van der Waals surface area contributed by atoms with Gasteiger partial charge in [-0.25, -0.2) is 4.79 Å². The number of carbonyl (C=O) groups is 3. The molecule has 0 heterocycles. The van der Waals surface area contributed by atoms with Crippen LogP contribution in [0.4, 0.5) is 0 Å². The van der Waals surface area contributed by atoms with E-state index in [-0.39, 0.29) is 38.6 Å². The predicted octanol–water partition coefficient (Wildman–Crippen LogP) is 13.2. The Balaban J connectivity index is 4.42. The topological polar surface area (TPSA) is 108 Å². The average Bonchev–Trinajstić information content (AvgIpc) is 3.24. The zero-order valence-electron chi connectivity index (χ0n) is 40.2. The lowest BCUT2D eigenvalue weighted by Gasteiger charge is -2.25. The number of ether oxygens (including phenoxy) is 4. The van der Waals surface area contributed by atoms with Gasteiger partial charge in [0.1, 0.15) is 13.2 Å². The fraction of sp³-hybridized carbons (Fsp3) is 0.611. The maximum Gasteiger partial charge on any atom is 0.361 e. The lowest BCUT2D eigenvalue weighted by molar-refractivity contribution is -0.870. The van der Waals surface area contributed by atoms with E-state index in [2.05, 4.69) is 123 Å². The van der Waals surface area contributed by atoms with Crippen LogP contribution in [-0.4, -0.2) is 87.4 Å². The van der Waals surface area contributed by atoms with Gasteiger partial charge in [-0.15, -0.1) is 0 Å². The minimum Gasteiger partial charge on any atom is -0.477 e. The largest absolute Gasteiger partial charge is 0.477 e. The van der Waals surface area contributed by atoms with E-state index in [1.54, 1.807) is 0 Å². The molecule has 0 radical (unpaired) electrons. The standard InChI is InChI=1S/C54H87NO8/c1-6-8-10-12-14-16-17-18-19-20-21-22-23-24-25-26-27-28-29-30-31-32-33-34-35-37-39-41-43-45-52(57)63-50(49-62-54(53(58)59)60-47-46-55(3,4)5)48-61-51(56)44-42-40-38-36-15-13-11-9-7-2/h8,10,14,16,18-19,21-22,24-25,27-28,30-31,33-34,37,39,50,54H,6-7,9,11-13,15,17,20,23,26,29,32,35-36,38,40-49H2,1-5H3/p+1/b10-8-,16-14-,19-18-,22-21-,25-24-,28-27-,31-30-,34-33-,39-37-. The number of nitrogens with zero attached hydrogens (tertiary/aromatic N) is 1. The van der Waals surface area contributed by atoms with Gasteiger partial charge in [-0.3, -0.25) is 9.59 Å². The normalized spacial score (nSPS) is 13.9. The molecule has 0 aliphatic heterocycles. The van der Waals surface area contributed by atoms with Crippen molar-refractivity contribution in [2.75, 3.05) is 47.5 Å². The van der Waals surface area contributed by atoms with Gasteiger partial charge in [-0.2, -0.15) is 0 Å². The minimum atomic E-state index is -1.53. The molecule has 1 N–H and O–H groups in total. The third-order valence-corrected chi connectivity index (χ3v) is 9.54. The fourth-order valence-electron chi connectivity index (χ4n) is 5.83. The van der Waals surface area contributed by atoms with Crippen LogP contribution in [0.3, 0.4) is 0 Å². The monoisotopic (exact) mass is 879 g/mol. The molecule has 0 bridgehead atoms. The molecule has 356 valence electrons. The van der Waals surface area contributed by atoms with E-state index in [0.717, 1.165) is 77.0 Å². The summed E-state index contributed by atoms with van der Waals surface area (Å²) in [6.45, 7) is 4.63. The Kier molecular flexibility index (Phi) is 41.7. The van der Waals surface area contributed by atoms with Gasteiger partial charge in [0.25, 0.3) is 6.29 Å². The number of quaternary nitrogens is 1. The zero-order valence-corrected chi connectivity index (χ0v) is 40.2. The van der Waals surface area contributed by atoms with E-state index < -0.39 is 24.3 Å². The van der Waals surface area contributed by atoms with E-state index in [9.17, 15) is 19.5 Å². The Bertz CT molecular complexity index is 1390. The average molecular weight is 879 g/mol. The van der Waals surface area contributed by atoms with Crippen molar-refractivity contribution < 1.29 is 42.9 Å². The van der Waals surface area contributed by atoms with Crippen LogP contribution in [0.1, 0.15) is 155 Å². The molecule has 9 nitrogen and oxygen atoms in total. The minimum absolute atomic E-state index is 0.171. The highest BCUT2D eigenvalue weighted by Crippen LogP contribution is 2.12. The molecule has 0 aromatic rings. The summed E-state index contributed by atoms with van der Waals surface area (Å²) in [5.41, 5.74) is 0. The van der Waals surface area contributed by atoms with Crippen molar-refractivity contribution in [2.45, 2.75) is 167 Å². The number of carboxylic acids is 1. The number of rotatable bonds is 42. The number of carbonyl (C=O) groups excluding carboxylic acids is 2. The molecular weight excluding hydrogens is 791 g/mol. The number of hydrogen-bond donors (Lipinski definition) is 1. The summed E-state index contributed by atoms with van der Waals surface area (Å²) in [5, 5.41) is 9.62. The Morgan fingerprint density at radius 2 is 0.905 bits per heavy atom. The third kappa shape index (κ3) is 45.8. The molecule has 9 heteroatoms. The molecule has 0 rings (SSSR count). The number of hydrogen-bond acceptors (Lipinski definition) is 7. The Morgan fingerprint density at radius 3 is 1.33 bits per heavy atom. The van der Waals surface area contributed by atoms with Gasteiger partial charge in [0.2, 0.25) is 0 Å². The van der Waals surface area contributed by atoms with Crippen molar-refractivity contribution in [1.82, 2.24) is 0 Å². The van der Waals surface area contributed by atoms with Crippen LogP contribution in [0, 0.1) is 0 Å². The van der Waals surface area contributed by atoms with Gasteiger partial charge in [0, 0.05) is 12.8 Å². The first-order chi connectivity index (χ1) is 30.6. The number of carboxylic acid groups (broad SMARTS) is 1. The molecule has 0 saturated carbocycles. The van der Waals surface area contributed by atoms with E-state index in [1.807, 2.05) is 21.1 Å². The number of unbranched alkanes of at least 4 members (excludes halogenated alkanes) is 9. The molecule has 0 saturated heterocycles. The molecular formula is C54H88NO8+. The first-order valence-electron chi connectivity index (χ1n) is 24.1. The Morgan fingerprint density at radius 1 is 0.492 bits per heavy atom. The van der Waals surface area contributed by atoms with Gasteiger partial charge in [0.15, 0.2) is 6.10 Å². The third-order valence-electron chi connectivity index (χ3n) is 9.54. The van der Waals surface area contributed by atoms with Gasteiger partial charge in [-0.05, 0) is 77.0 Å². The molecule has 0 fully saturated rings. The summed E-state index contributed by atoms with van der Waals surface area (Å²) >= 11 is 0. The lowest BCUT2D eigenvalue weighted by Crippen LogP contribution is -2.40. The number of allylic oxidation sites excluding steroid dienone is 18. The smallest absolute Gasteiger partial charge is 0.361 e. The molecule has 0 aliphatic rings. The van der Waals surface area contributed by atoms with E-state index in [1.165, 1.54) is 38.5 Å². The van der Waals surface area contributed by atoms with Crippen molar-refractivity contribution in [3.05, 3.63) is 109 Å². The van der Waals surface area contributed by atoms with E-state index in [4.69, 9.17) is 18.9 Å². The van der Waals surface area contributed by atoms with Crippen LogP contribution >= 0.6 is 0 Å². The van der Waals surface area contributed by atoms with Crippen LogP contribution in [0.2, 0.25) is 0 Å².